The molecule has 0 aliphatic carbocycles. The van der Waals surface area contributed by atoms with Gasteiger partial charge in [-0.2, -0.15) is 0 Å². The van der Waals surface area contributed by atoms with Crippen molar-refractivity contribution in [3.8, 4) is 11.5 Å². The zero-order chi connectivity index (χ0) is 21.7. The fourth-order valence-electron chi connectivity index (χ4n) is 3.57. The lowest BCUT2D eigenvalue weighted by molar-refractivity contribution is 0.248. The first-order valence-electron chi connectivity index (χ1n) is 9.75. The van der Waals surface area contributed by atoms with Crippen LogP contribution in [0.25, 0.3) is 0 Å². The van der Waals surface area contributed by atoms with Gasteiger partial charge >= 0.3 is 0 Å². The molecule has 2 aromatic rings. The maximum atomic E-state index is 13.7. The molecule has 3 rings (SSSR count). The third-order valence-corrected chi connectivity index (χ3v) is 6.67. The lowest BCUT2D eigenvalue weighted by atomic mass is 9.98. The second-order valence-corrected chi connectivity index (χ2v) is 8.92. The first-order chi connectivity index (χ1) is 14.3. The molecule has 1 N–H and O–H groups in total. The van der Waals surface area contributed by atoms with Crippen LogP contribution < -0.4 is 14.2 Å². The Bertz CT molecular complexity index is 999. The van der Waals surface area contributed by atoms with Crippen molar-refractivity contribution < 1.29 is 26.7 Å². The molecule has 0 spiro atoms. The van der Waals surface area contributed by atoms with Crippen molar-refractivity contribution in [1.29, 1.82) is 0 Å². The number of methoxy groups -OCH3 is 2. The minimum atomic E-state index is -4.00. The molecule has 1 heterocycles. The van der Waals surface area contributed by atoms with E-state index >= 15 is 0 Å². The number of sulfonamides is 1. The summed E-state index contributed by atoms with van der Waals surface area (Å²) < 4.78 is 64.1. The molecule has 0 bridgehead atoms. The topological polar surface area (TPSA) is 67.9 Å². The van der Waals surface area contributed by atoms with Gasteiger partial charge in [0.25, 0.3) is 0 Å². The Morgan fingerprint density at radius 3 is 2.40 bits per heavy atom. The molecule has 1 aliphatic heterocycles. The van der Waals surface area contributed by atoms with E-state index in [1.54, 1.807) is 14.2 Å². The first kappa shape index (κ1) is 22.5. The van der Waals surface area contributed by atoms with E-state index in [1.807, 2.05) is 12.1 Å². The molecule has 1 aliphatic rings. The molecule has 0 saturated heterocycles. The van der Waals surface area contributed by atoms with E-state index in [1.165, 1.54) is 11.1 Å². The lowest BCUT2D eigenvalue weighted by Crippen LogP contribution is -2.32. The van der Waals surface area contributed by atoms with E-state index in [2.05, 4.69) is 9.62 Å². The Balaban J connectivity index is 1.47. The molecule has 164 valence electrons. The average molecular weight is 441 g/mol. The minimum Gasteiger partial charge on any atom is -0.493 e. The fraction of sp³-hybridized carbons (Fsp3) is 0.429. The summed E-state index contributed by atoms with van der Waals surface area (Å²) in [6, 6.07) is 6.45. The number of nitrogens with zero attached hydrogens (tertiary/aromatic N) is 1. The third kappa shape index (κ3) is 5.27. The largest absolute Gasteiger partial charge is 0.493 e. The maximum absolute atomic E-state index is 13.7. The van der Waals surface area contributed by atoms with Gasteiger partial charge in [0.15, 0.2) is 11.5 Å². The maximum Gasteiger partial charge on any atom is 0.243 e. The van der Waals surface area contributed by atoms with Crippen molar-refractivity contribution in [3.05, 3.63) is 53.1 Å². The van der Waals surface area contributed by atoms with Gasteiger partial charge in [0.05, 0.1) is 14.2 Å². The Labute approximate surface area is 175 Å². The number of ether oxygens (including phenoxy) is 2. The highest BCUT2D eigenvalue weighted by molar-refractivity contribution is 7.89. The molecule has 2 aromatic carbocycles. The standard InChI is InChI=1S/C21H26F2N2O4S/c1-28-19-11-15-7-10-25(14-16(15)12-20(19)29-2)9-4-3-8-24-30(26,27)21-6-5-17(22)13-18(21)23/h5-6,11-13,24H,3-4,7-10,14H2,1-2H3. The van der Waals surface area contributed by atoms with Crippen LogP contribution in [0, 0.1) is 11.6 Å². The summed E-state index contributed by atoms with van der Waals surface area (Å²) >= 11 is 0. The summed E-state index contributed by atoms with van der Waals surface area (Å²) in [6.07, 6.45) is 2.31. The summed E-state index contributed by atoms with van der Waals surface area (Å²) in [5.74, 6) is -0.470. The molecule has 0 saturated carbocycles. The molecule has 0 unspecified atom stereocenters. The molecule has 30 heavy (non-hydrogen) atoms. The normalized spacial score (nSPS) is 14.4. The molecule has 0 radical (unpaired) electrons. The highest BCUT2D eigenvalue weighted by Gasteiger charge is 2.20. The van der Waals surface area contributed by atoms with E-state index in [0.717, 1.165) is 50.4 Å². The summed E-state index contributed by atoms with van der Waals surface area (Å²) in [5.41, 5.74) is 2.45. The van der Waals surface area contributed by atoms with E-state index in [4.69, 9.17) is 9.47 Å². The zero-order valence-corrected chi connectivity index (χ0v) is 17.9. The number of fused-ring (bicyclic) bond motifs is 1. The smallest absolute Gasteiger partial charge is 0.243 e. The van der Waals surface area contributed by atoms with Crippen LogP contribution in [0.5, 0.6) is 11.5 Å². The lowest BCUT2D eigenvalue weighted by Gasteiger charge is -2.29. The quantitative estimate of drug-likeness (QED) is 0.607. The number of halogens is 2. The number of unbranched alkanes of at least 4 members (excludes halogenated alkanes) is 1. The van der Waals surface area contributed by atoms with Crippen molar-refractivity contribution in [2.75, 3.05) is 33.9 Å². The average Bonchev–Trinajstić information content (AvgIpc) is 2.71. The third-order valence-electron chi connectivity index (χ3n) is 5.17. The number of hydrogen-bond acceptors (Lipinski definition) is 5. The predicted octanol–water partition coefficient (Wildman–Crippen LogP) is 3.10. The first-order valence-corrected chi connectivity index (χ1v) is 11.2. The van der Waals surface area contributed by atoms with Gasteiger partial charge in [0, 0.05) is 25.7 Å². The summed E-state index contributed by atoms with van der Waals surface area (Å²) in [7, 11) is -0.761. The van der Waals surface area contributed by atoms with Gasteiger partial charge in [0.2, 0.25) is 10.0 Å². The predicted molar refractivity (Wildman–Crippen MR) is 109 cm³/mol. The Morgan fingerprint density at radius 1 is 1.03 bits per heavy atom. The number of rotatable bonds is 9. The van der Waals surface area contributed by atoms with Crippen LogP contribution in [0.2, 0.25) is 0 Å². The molecule has 0 fully saturated rings. The minimum absolute atomic E-state index is 0.189. The molecular formula is C21H26F2N2O4S. The van der Waals surface area contributed by atoms with Crippen molar-refractivity contribution in [2.24, 2.45) is 0 Å². The van der Waals surface area contributed by atoms with Crippen LogP contribution in [0.3, 0.4) is 0 Å². The van der Waals surface area contributed by atoms with Crippen LogP contribution >= 0.6 is 0 Å². The number of nitrogens with one attached hydrogen (secondary N) is 1. The van der Waals surface area contributed by atoms with Crippen molar-refractivity contribution >= 4 is 10.0 Å². The van der Waals surface area contributed by atoms with Gasteiger partial charge < -0.3 is 9.47 Å². The van der Waals surface area contributed by atoms with Gasteiger partial charge in [-0.25, -0.2) is 21.9 Å². The van der Waals surface area contributed by atoms with Gasteiger partial charge in [-0.05, 0) is 61.2 Å². The van der Waals surface area contributed by atoms with E-state index < -0.39 is 26.6 Å². The van der Waals surface area contributed by atoms with Crippen LogP contribution in [0.1, 0.15) is 24.0 Å². The highest BCUT2D eigenvalue weighted by Crippen LogP contribution is 2.33. The SMILES string of the molecule is COc1cc2c(cc1OC)CN(CCCCNS(=O)(=O)c1ccc(F)cc1F)CC2. The zero-order valence-electron chi connectivity index (χ0n) is 17.1. The number of hydrogen-bond donors (Lipinski definition) is 1. The van der Waals surface area contributed by atoms with Crippen molar-refractivity contribution in [2.45, 2.75) is 30.7 Å². The molecule has 0 atom stereocenters. The molecule has 9 heteroatoms. The second-order valence-electron chi connectivity index (χ2n) is 7.18. The summed E-state index contributed by atoms with van der Waals surface area (Å²) in [6.45, 7) is 2.71. The fourth-order valence-corrected chi connectivity index (χ4v) is 4.70. The number of benzene rings is 2. The van der Waals surface area contributed by atoms with Gasteiger partial charge in [-0.15, -0.1) is 0 Å². The Morgan fingerprint density at radius 2 is 1.73 bits per heavy atom. The Hall–Kier alpha value is -2.23. The highest BCUT2D eigenvalue weighted by atomic mass is 32.2. The van der Waals surface area contributed by atoms with Gasteiger partial charge in [0.1, 0.15) is 16.5 Å². The van der Waals surface area contributed by atoms with Crippen LogP contribution in [-0.2, 0) is 23.0 Å². The van der Waals surface area contributed by atoms with E-state index in [9.17, 15) is 17.2 Å². The van der Waals surface area contributed by atoms with Crippen molar-refractivity contribution in [3.63, 3.8) is 0 Å². The van der Waals surface area contributed by atoms with Gasteiger partial charge in [-0.1, -0.05) is 0 Å². The molecule has 6 nitrogen and oxygen atoms in total. The van der Waals surface area contributed by atoms with Crippen LogP contribution in [-0.4, -0.2) is 47.2 Å². The Kier molecular flexibility index (Phi) is 7.27. The molecular weight excluding hydrogens is 414 g/mol. The van der Waals surface area contributed by atoms with Crippen LogP contribution in [0.15, 0.2) is 35.2 Å². The van der Waals surface area contributed by atoms with Crippen molar-refractivity contribution in [1.82, 2.24) is 9.62 Å². The molecule has 0 amide bonds. The van der Waals surface area contributed by atoms with E-state index in [-0.39, 0.29) is 6.54 Å². The van der Waals surface area contributed by atoms with Crippen LogP contribution in [0.4, 0.5) is 8.78 Å². The van der Waals surface area contributed by atoms with E-state index in [0.29, 0.717) is 18.2 Å². The summed E-state index contributed by atoms with van der Waals surface area (Å²) in [4.78, 5) is 1.77. The van der Waals surface area contributed by atoms with Gasteiger partial charge in [-0.3, -0.25) is 4.90 Å². The monoisotopic (exact) mass is 440 g/mol. The molecule has 0 aromatic heterocycles. The second kappa shape index (κ2) is 9.72. The summed E-state index contributed by atoms with van der Waals surface area (Å²) in [5, 5.41) is 0.